The quantitative estimate of drug-likeness (QED) is 0.856. The van der Waals surface area contributed by atoms with Gasteiger partial charge in [0.2, 0.25) is 0 Å². The molecule has 0 bridgehead atoms. The number of likely N-dealkylation sites (tertiary alicyclic amines) is 1. The fraction of sp³-hybridized carbons (Fsp3) is 0.611. The number of carbonyl (C=O) groups is 1. The van der Waals surface area contributed by atoms with Gasteiger partial charge in [-0.3, -0.25) is 4.79 Å². The molecule has 0 radical (unpaired) electrons. The Labute approximate surface area is 142 Å². The van der Waals surface area contributed by atoms with Gasteiger partial charge in [0.1, 0.15) is 0 Å². The Bertz CT molecular complexity index is 606. The van der Waals surface area contributed by atoms with Crippen molar-refractivity contribution in [1.82, 2.24) is 4.90 Å². The van der Waals surface area contributed by atoms with E-state index in [1.54, 1.807) is 6.07 Å². The average molecular weight is 338 g/mol. The van der Waals surface area contributed by atoms with E-state index in [4.69, 9.17) is 16.3 Å². The van der Waals surface area contributed by atoms with Crippen molar-refractivity contribution in [1.29, 1.82) is 0 Å². The van der Waals surface area contributed by atoms with E-state index >= 15 is 0 Å². The maximum absolute atomic E-state index is 12.7. The Hall–Kier alpha value is -1.10. The van der Waals surface area contributed by atoms with Crippen molar-refractivity contribution < 1.29 is 14.6 Å². The summed E-state index contributed by atoms with van der Waals surface area (Å²) >= 11 is 6.18. The van der Waals surface area contributed by atoms with Crippen LogP contribution in [0, 0.1) is 6.92 Å². The van der Waals surface area contributed by atoms with Crippen molar-refractivity contribution in [3.63, 3.8) is 0 Å². The number of aryl methyl sites for hydroxylation is 1. The summed E-state index contributed by atoms with van der Waals surface area (Å²) in [6.45, 7) is 5.70. The Kier molecular flexibility index (Phi) is 4.43. The van der Waals surface area contributed by atoms with E-state index in [1.165, 1.54) is 0 Å². The number of ether oxygens (including phenoxy) is 1. The maximum Gasteiger partial charge on any atom is 0.255 e. The molecule has 1 atom stereocenters. The van der Waals surface area contributed by atoms with Crippen molar-refractivity contribution in [2.24, 2.45) is 0 Å². The van der Waals surface area contributed by atoms with Crippen molar-refractivity contribution in [3.8, 4) is 0 Å². The third kappa shape index (κ3) is 3.54. The molecule has 5 heteroatoms. The molecule has 126 valence electrons. The average Bonchev–Trinajstić information content (AvgIpc) is 2.49. The maximum atomic E-state index is 12.7. The smallest absolute Gasteiger partial charge is 0.255 e. The van der Waals surface area contributed by atoms with Crippen LogP contribution in [0.2, 0.25) is 5.02 Å². The summed E-state index contributed by atoms with van der Waals surface area (Å²) in [7, 11) is 0. The van der Waals surface area contributed by atoms with Gasteiger partial charge in [-0.25, -0.2) is 0 Å². The number of amides is 1. The minimum absolute atomic E-state index is 0.0175. The van der Waals surface area contributed by atoms with Crippen LogP contribution in [0.1, 0.15) is 48.5 Å². The molecule has 2 heterocycles. The summed E-state index contributed by atoms with van der Waals surface area (Å²) in [5, 5.41) is 10.8. The number of carbonyl (C=O) groups excluding carboxylic acids is 1. The standard InChI is InChI=1S/C18H24ClNO3/c1-13-3-4-15(19)14(11-13)16(21)20-8-5-18(6-9-20)12-17(2,22)7-10-23-18/h3-4,11,22H,5-10,12H2,1-2H3. The van der Waals surface area contributed by atoms with Gasteiger partial charge in [-0.15, -0.1) is 0 Å². The summed E-state index contributed by atoms with van der Waals surface area (Å²) in [4.78, 5) is 14.6. The second kappa shape index (κ2) is 6.08. The van der Waals surface area contributed by atoms with Gasteiger partial charge in [0.25, 0.3) is 5.91 Å². The zero-order valence-corrected chi connectivity index (χ0v) is 14.5. The third-order valence-corrected chi connectivity index (χ3v) is 5.40. The highest BCUT2D eigenvalue weighted by Crippen LogP contribution is 2.39. The molecule has 1 aromatic carbocycles. The van der Waals surface area contributed by atoms with Gasteiger partial charge in [0.15, 0.2) is 0 Å². The van der Waals surface area contributed by atoms with Crippen molar-refractivity contribution in [3.05, 3.63) is 34.3 Å². The molecule has 4 nitrogen and oxygen atoms in total. The minimum atomic E-state index is -0.662. The lowest BCUT2D eigenvalue weighted by Gasteiger charge is -2.48. The van der Waals surface area contributed by atoms with Crippen LogP contribution in [0.3, 0.4) is 0 Å². The van der Waals surface area contributed by atoms with Crippen LogP contribution in [0.15, 0.2) is 18.2 Å². The van der Waals surface area contributed by atoms with E-state index < -0.39 is 5.60 Å². The predicted molar refractivity (Wildman–Crippen MR) is 89.9 cm³/mol. The molecular weight excluding hydrogens is 314 g/mol. The lowest BCUT2D eigenvalue weighted by molar-refractivity contribution is -0.170. The molecule has 1 aromatic rings. The second-order valence-corrected chi connectivity index (χ2v) is 7.64. The highest BCUT2D eigenvalue weighted by Gasteiger charge is 2.45. The number of rotatable bonds is 1. The van der Waals surface area contributed by atoms with Crippen molar-refractivity contribution >= 4 is 17.5 Å². The van der Waals surface area contributed by atoms with Gasteiger partial charge < -0.3 is 14.7 Å². The number of hydrogen-bond donors (Lipinski definition) is 1. The van der Waals surface area contributed by atoms with Crippen LogP contribution in [0.4, 0.5) is 0 Å². The third-order valence-electron chi connectivity index (χ3n) is 5.07. The molecule has 1 N–H and O–H groups in total. The van der Waals surface area contributed by atoms with Gasteiger partial charge in [-0.2, -0.15) is 0 Å². The molecule has 0 aromatic heterocycles. The molecule has 2 aliphatic heterocycles. The van der Waals surface area contributed by atoms with E-state index in [0.29, 0.717) is 43.1 Å². The second-order valence-electron chi connectivity index (χ2n) is 7.23. The van der Waals surface area contributed by atoms with E-state index in [2.05, 4.69) is 0 Å². The summed E-state index contributed by atoms with van der Waals surface area (Å²) in [5.41, 5.74) is 0.649. The Balaban J connectivity index is 1.69. The highest BCUT2D eigenvalue weighted by atomic mass is 35.5. The van der Waals surface area contributed by atoms with E-state index in [0.717, 1.165) is 18.4 Å². The number of halogens is 1. The van der Waals surface area contributed by atoms with E-state index in [1.807, 2.05) is 30.9 Å². The topological polar surface area (TPSA) is 49.8 Å². The normalized spacial score (nSPS) is 27.2. The molecule has 3 rings (SSSR count). The number of benzene rings is 1. The van der Waals surface area contributed by atoms with Crippen molar-refractivity contribution in [2.75, 3.05) is 19.7 Å². The fourth-order valence-electron chi connectivity index (χ4n) is 3.73. The molecule has 2 saturated heterocycles. The first-order valence-electron chi connectivity index (χ1n) is 8.22. The Morgan fingerprint density at radius 2 is 2.00 bits per heavy atom. The molecule has 23 heavy (non-hydrogen) atoms. The van der Waals surface area contributed by atoms with Gasteiger partial charge in [0.05, 0.1) is 28.4 Å². The van der Waals surface area contributed by atoms with Crippen LogP contribution in [-0.4, -0.2) is 46.8 Å². The number of hydrogen-bond acceptors (Lipinski definition) is 3. The molecule has 0 aliphatic carbocycles. The van der Waals surface area contributed by atoms with Crippen LogP contribution < -0.4 is 0 Å². The molecule has 1 unspecified atom stereocenters. The zero-order chi connectivity index (χ0) is 16.7. The number of aliphatic hydroxyl groups is 1. The Morgan fingerprint density at radius 1 is 1.30 bits per heavy atom. The Morgan fingerprint density at radius 3 is 2.65 bits per heavy atom. The van der Waals surface area contributed by atoms with Crippen molar-refractivity contribution in [2.45, 2.75) is 50.7 Å². The van der Waals surface area contributed by atoms with Crippen LogP contribution in [-0.2, 0) is 4.74 Å². The molecular formula is C18H24ClNO3. The first kappa shape index (κ1) is 16.7. The number of nitrogens with zero attached hydrogens (tertiary/aromatic N) is 1. The lowest BCUT2D eigenvalue weighted by atomic mass is 9.78. The summed E-state index contributed by atoms with van der Waals surface area (Å²) < 4.78 is 5.99. The zero-order valence-electron chi connectivity index (χ0n) is 13.8. The monoisotopic (exact) mass is 337 g/mol. The summed E-state index contributed by atoms with van der Waals surface area (Å²) in [5.74, 6) is -0.0175. The summed E-state index contributed by atoms with van der Waals surface area (Å²) in [6.07, 6.45) is 2.85. The van der Waals surface area contributed by atoms with Crippen LogP contribution in [0.5, 0.6) is 0 Å². The summed E-state index contributed by atoms with van der Waals surface area (Å²) in [6, 6.07) is 5.52. The van der Waals surface area contributed by atoms with Crippen LogP contribution >= 0.6 is 11.6 Å². The highest BCUT2D eigenvalue weighted by molar-refractivity contribution is 6.33. The van der Waals surface area contributed by atoms with E-state index in [9.17, 15) is 9.90 Å². The molecule has 2 fully saturated rings. The fourth-order valence-corrected chi connectivity index (χ4v) is 3.93. The number of piperidine rings is 1. The first-order valence-corrected chi connectivity index (χ1v) is 8.60. The van der Waals surface area contributed by atoms with Gasteiger partial charge in [-0.1, -0.05) is 23.2 Å². The minimum Gasteiger partial charge on any atom is -0.390 e. The van der Waals surface area contributed by atoms with Gasteiger partial charge in [0, 0.05) is 19.5 Å². The van der Waals surface area contributed by atoms with Gasteiger partial charge in [-0.05, 0) is 45.2 Å². The molecule has 1 spiro atoms. The van der Waals surface area contributed by atoms with E-state index in [-0.39, 0.29) is 11.5 Å². The largest absolute Gasteiger partial charge is 0.390 e. The van der Waals surface area contributed by atoms with Gasteiger partial charge >= 0.3 is 0 Å². The SMILES string of the molecule is Cc1ccc(Cl)c(C(=O)N2CCC3(CC2)CC(C)(O)CCO3)c1. The predicted octanol–water partition coefficient (Wildman–Crippen LogP) is 3.18. The van der Waals surface area contributed by atoms with Crippen LogP contribution in [0.25, 0.3) is 0 Å². The molecule has 2 aliphatic rings. The molecule has 0 saturated carbocycles. The lowest BCUT2D eigenvalue weighted by Crippen LogP contribution is -2.54. The first-order chi connectivity index (χ1) is 10.8. The molecule has 1 amide bonds.